The number of halogens is 1. The summed E-state index contributed by atoms with van der Waals surface area (Å²) in [5, 5.41) is 11.5. The van der Waals surface area contributed by atoms with Crippen molar-refractivity contribution in [1.82, 2.24) is 5.32 Å². The topological polar surface area (TPSA) is 117 Å². The molecule has 0 aliphatic carbocycles. The van der Waals surface area contributed by atoms with E-state index in [0.717, 1.165) is 14.9 Å². The summed E-state index contributed by atoms with van der Waals surface area (Å²) in [5.41, 5.74) is 1.22. The maximum atomic E-state index is 13.0. The van der Waals surface area contributed by atoms with Crippen LogP contribution in [0.15, 0.2) is 69.1 Å². The molecule has 3 aromatic rings. The van der Waals surface area contributed by atoms with E-state index in [2.05, 4.69) is 21.2 Å². The zero-order chi connectivity index (χ0) is 23.0. The van der Waals surface area contributed by atoms with E-state index in [-0.39, 0.29) is 22.7 Å². The minimum Gasteiger partial charge on any atom is -0.478 e. The molecule has 2 aromatic carbocycles. The number of aryl methyl sites for hydroxylation is 1. The fraction of sp³-hybridized carbons (Fsp3) is 0.0435. The van der Waals surface area contributed by atoms with Crippen LogP contribution in [0.5, 0.6) is 0 Å². The number of hydrogen-bond acceptors (Lipinski definition) is 5. The standard InChI is InChI=1S/C23H15BrN2O6/c1-12-10-13(6-8-18(12)24)26-21(28)17(20(27)25-23(26)31)11-14-7-9-19(32-14)15-4-2-3-5-16(15)22(29)30/h2-11H,1H3,(H,29,30)(H,25,27,31)/b17-11+. The number of hydrogen-bond donors (Lipinski definition) is 2. The Balaban J connectivity index is 1.70. The van der Waals surface area contributed by atoms with Gasteiger partial charge in [-0.25, -0.2) is 14.5 Å². The number of aromatic carboxylic acids is 1. The van der Waals surface area contributed by atoms with Crippen molar-refractivity contribution in [3.63, 3.8) is 0 Å². The zero-order valence-corrected chi connectivity index (χ0v) is 18.2. The lowest BCUT2D eigenvalue weighted by atomic mass is 10.1. The Kier molecular flexibility index (Phi) is 5.50. The van der Waals surface area contributed by atoms with Crippen LogP contribution in [0.25, 0.3) is 17.4 Å². The van der Waals surface area contributed by atoms with E-state index in [1.54, 1.807) is 49.4 Å². The van der Waals surface area contributed by atoms with E-state index >= 15 is 0 Å². The number of nitrogens with one attached hydrogen (secondary N) is 1. The van der Waals surface area contributed by atoms with Crippen LogP contribution in [0.2, 0.25) is 0 Å². The molecule has 0 saturated carbocycles. The summed E-state index contributed by atoms with van der Waals surface area (Å²) in [6.07, 6.45) is 1.22. The van der Waals surface area contributed by atoms with E-state index in [1.165, 1.54) is 18.2 Å². The smallest absolute Gasteiger partial charge is 0.336 e. The molecule has 0 spiro atoms. The van der Waals surface area contributed by atoms with Gasteiger partial charge < -0.3 is 9.52 Å². The second kappa shape index (κ2) is 8.27. The van der Waals surface area contributed by atoms with Gasteiger partial charge in [0.25, 0.3) is 11.8 Å². The molecule has 1 aromatic heterocycles. The molecule has 2 N–H and O–H groups in total. The monoisotopic (exact) mass is 494 g/mol. The van der Waals surface area contributed by atoms with Crippen LogP contribution in [0, 0.1) is 6.92 Å². The van der Waals surface area contributed by atoms with Crippen molar-refractivity contribution in [3.05, 3.63) is 81.5 Å². The number of carboxylic acids is 1. The summed E-state index contributed by atoms with van der Waals surface area (Å²) in [7, 11) is 0. The molecule has 4 rings (SSSR count). The number of carbonyl (C=O) groups excluding carboxylic acids is 3. The molecule has 0 unspecified atom stereocenters. The van der Waals surface area contributed by atoms with Gasteiger partial charge in [-0.2, -0.15) is 0 Å². The van der Waals surface area contributed by atoms with Crippen LogP contribution in [0.1, 0.15) is 21.7 Å². The largest absolute Gasteiger partial charge is 0.478 e. The van der Waals surface area contributed by atoms with Gasteiger partial charge >= 0.3 is 12.0 Å². The number of anilines is 1. The first-order valence-corrected chi connectivity index (χ1v) is 10.2. The summed E-state index contributed by atoms with van der Waals surface area (Å²) in [5.74, 6) is -2.36. The fourth-order valence-corrected chi connectivity index (χ4v) is 3.51. The minimum atomic E-state index is -1.11. The second-order valence-electron chi connectivity index (χ2n) is 6.94. The normalized spacial score (nSPS) is 15.2. The third-order valence-corrected chi connectivity index (χ3v) is 5.73. The molecule has 0 bridgehead atoms. The minimum absolute atomic E-state index is 0.0509. The summed E-state index contributed by atoms with van der Waals surface area (Å²) in [6, 6.07) is 13.4. The van der Waals surface area contributed by atoms with E-state index in [1.807, 2.05) is 0 Å². The molecule has 1 fully saturated rings. The Morgan fingerprint density at radius 3 is 2.56 bits per heavy atom. The number of rotatable bonds is 4. The van der Waals surface area contributed by atoms with Crippen LogP contribution in [-0.2, 0) is 9.59 Å². The summed E-state index contributed by atoms with van der Waals surface area (Å²) in [4.78, 5) is 50.1. The number of amides is 4. The van der Waals surface area contributed by atoms with Crippen LogP contribution < -0.4 is 10.2 Å². The summed E-state index contributed by atoms with van der Waals surface area (Å²) < 4.78 is 6.49. The van der Waals surface area contributed by atoms with E-state index in [0.29, 0.717) is 11.3 Å². The summed E-state index contributed by atoms with van der Waals surface area (Å²) in [6.45, 7) is 1.81. The average molecular weight is 495 g/mol. The molecule has 32 heavy (non-hydrogen) atoms. The maximum absolute atomic E-state index is 13.0. The quantitative estimate of drug-likeness (QED) is 0.410. The van der Waals surface area contributed by atoms with Gasteiger partial charge in [0.15, 0.2) is 0 Å². The van der Waals surface area contributed by atoms with Gasteiger partial charge in [-0.05, 0) is 55.0 Å². The van der Waals surface area contributed by atoms with Crippen molar-refractivity contribution in [2.24, 2.45) is 0 Å². The zero-order valence-electron chi connectivity index (χ0n) is 16.6. The number of carboxylic acid groups (broad SMARTS) is 1. The predicted octanol–water partition coefficient (Wildman–Crippen LogP) is 4.38. The van der Waals surface area contributed by atoms with Crippen LogP contribution in [0.4, 0.5) is 10.5 Å². The van der Waals surface area contributed by atoms with Crippen molar-refractivity contribution in [3.8, 4) is 11.3 Å². The van der Waals surface area contributed by atoms with Gasteiger partial charge in [0, 0.05) is 10.0 Å². The van der Waals surface area contributed by atoms with E-state index in [4.69, 9.17) is 4.42 Å². The van der Waals surface area contributed by atoms with Crippen LogP contribution >= 0.6 is 15.9 Å². The molecular weight excluding hydrogens is 480 g/mol. The Morgan fingerprint density at radius 1 is 1.09 bits per heavy atom. The number of carbonyl (C=O) groups is 4. The van der Waals surface area contributed by atoms with E-state index in [9.17, 15) is 24.3 Å². The highest BCUT2D eigenvalue weighted by Crippen LogP contribution is 2.29. The van der Waals surface area contributed by atoms with Crippen LogP contribution in [-0.4, -0.2) is 28.9 Å². The Bertz CT molecular complexity index is 1320. The molecule has 4 amide bonds. The van der Waals surface area contributed by atoms with Gasteiger partial charge in [-0.3, -0.25) is 14.9 Å². The summed E-state index contributed by atoms with van der Waals surface area (Å²) >= 11 is 3.37. The first-order chi connectivity index (χ1) is 15.3. The number of barbiturate groups is 1. The lowest BCUT2D eigenvalue weighted by molar-refractivity contribution is -0.122. The first kappa shape index (κ1) is 21.3. The molecule has 0 radical (unpaired) electrons. The average Bonchev–Trinajstić information content (AvgIpc) is 3.22. The molecule has 1 aliphatic rings. The van der Waals surface area contributed by atoms with E-state index < -0.39 is 23.8 Å². The van der Waals surface area contributed by atoms with Gasteiger partial charge in [0.2, 0.25) is 0 Å². The van der Waals surface area contributed by atoms with Crippen molar-refractivity contribution >= 4 is 51.5 Å². The van der Waals surface area contributed by atoms with Crippen molar-refractivity contribution < 1.29 is 28.7 Å². The fourth-order valence-electron chi connectivity index (χ4n) is 3.26. The molecule has 8 nitrogen and oxygen atoms in total. The highest BCUT2D eigenvalue weighted by Gasteiger charge is 2.37. The maximum Gasteiger partial charge on any atom is 0.336 e. The predicted molar refractivity (Wildman–Crippen MR) is 119 cm³/mol. The van der Waals surface area contributed by atoms with Crippen molar-refractivity contribution in [1.29, 1.82) is 0 Å². The molecule has 1 aliphatic heterocycles. The van der Waals surface area contributed by atoms with Gasteiger partial charge in [0.1, 0.15) is 17.1 Å². The lowest BCUT2D eigenvalue weighted by Gasteiger charge is -2.26. The van der Waals surface area contributed by atoms with Gasteiger partial charge in [-0.1, -0.05) is 34.1 Å². The first-order valence-electron chi connectivity index (χ1n) is 9.36. The van der Waals surface area contributed by atoms with Crippen LogP contribution in [0.3, 0.4) is 0 Å². The highest BCUT2D eigenvalue weighted by molar-refractivity contribution is 9.10. The number of benzene rings is 2. The second-order valence-corrected chi connectivity index (χ2v) is 7.80. The van der Waals surface area contributed by atoms with Gasteiger partial charge in [-0.15, -0.1) is 0 Å². The van der Waals surface area contributed by atoms with Gasteiger partial charge in [0.05, 0.1) is 11.3 Å². The van der Waals surface area contributed by atoms with Crippen molar-refractivity contribution in [2.45, 2.75) is 6.92 Å². The lowest BCUT2D eigenvalue weighted by Crippen LogP contribution is -2.54. The Hall–Kier alpha value is -3.98. The number of nitrogens with zero attached hydrogens (tertiary/aromatic N) is 1. The number of furan rings is 1. The molecule has 0 atom stereocenters. The highest BCUT2D eigenvalue weighted by atomic mass is 79.9. The Morgan fingerprint density at radius 2 is 1.84 bits per heavy atom. The SMILES string of the molecule is Cc1cc(N2C(=O)NC(=O)/C(=C\c3ccc(-c4ccccc4C(=O)O)o3)C2=O)ccc1Br. The number of urea groups is 1. The molecular formula is C23H15BrN2O6. The molecule has 2 heterocycles. The molecule has 1 saturated heterocycles. The third kappa shape index (κ3) is 3.85. The molecule has 160 valence electrons. The van der Waals surface area contributed by atoms with Crippen molar-refractivity contribution in [2.75, 3.05) is 4.90 Å². The third-order valence-electron chi connectivity index (χ3n) is 4.84. The Labute approximate surface area is 190 Å². The molecule has 9 heteroatoms. The number of imide groups is 2.